The van der Waals surface area contributed by atoms with Crippen LogP contribution in [0.25, 0.3) is 0 Å². The second-order valence-electron chi connectivity index (χ2n) is 1.95. The van der Waals surface area contributed by atoms with Gasteiger partial charge in [0.15, 0.2) is 0 Å². The molecule has 10 heavy (non-hydrogen) atoms. The Balaban J connectivity index is 0.000000810. The van der Waals surface area contributed by atoms with Crippen LogP contribution in [0.4, 0.5) is 5.69 Å². The molecule has 0 fully saturated rings. The van der Waals surface area contributed by atoms with Gasteiger partial charge in [0.05, 0.1) is 0 Å². The summed E-state index contributed by atoms with van der Waals surface area (Å²) in [6, 6.07) is 10.8. The van der Waals surface area contributed by atoms with E-state index in [-0.39, 0.29) is 32.7 Å². The van der Waals surface area contributed by atoms with Crippen LogP contribution in [0, 0.1) is 13.1 Å². The van der Waals surface area contributed by atoms with Crippen LogP contribution in [-0.4, -0.2) is 7.05 Å². The molecule has 1 aromatic carbocycles. The molecule has 1 nitrogen and oxygen atoms in total. The molecule has 0 bridgehead atoms. The van der Waals surface area contributed by atoms with E-state index in [0.29, 0.717) is 0 Å². The summed E-state index contributed by atoms with van der Waals surface area (Å²) in [6.07, 6.45) is 0. The molecule has 0 N–H and O–H groups in total. The Morgan fingerprint density at radius 3 is 2.50 bits per heavy atom. The molecule has 2 heteroatoms. The van der Waals surface area contributed by atoms with Crippen LogP contribution >= 0.6 is 0 Å². The molecule has 1 aromatic rings. The Morgan fingerprint density at radius 1 is 1.50 bits per heavy atom. The number of anilines is 1. The van der Waals surface area contributed by atoms with Crippen molar-refractivity contribution < 1.29 is 32.7 Å². The summed E-state index contributed by atoms with van der Waals surface area (Å²) in [5.74, 6) is 0. The molecule has 0 aliphatic rings. The van der Waals surface area contributed by atoms with E-state index < -0.39 is 0 Å². The van der Waals surface area contributed by atoms with E-state index in [9.17, 15) is 0 Å². The largest absolute Gasteiger partial charge is 0.548 e. The number of rotatable bonds is 1. The van der Waals surface area contributed by atoms with Gasteiger partial charge >= 0.3 is 0 Å². The van der Waals surface area contributed by atoms with Crippen LogP contribution < -0.4 is 4.90 Å². The average Bonchev–Trinajstić information content (AvgIpc) is 1.90. The Hall–Kier alpha value is 0.124. The van der Waals surface area contributed by atoms with Crippen molar-refractivity contribution in [3.05, 3.63) is 37.4 Å². The molecule has 0 spiro atoms. The van der Waals surface area contributed by atoms with Gasteiger partial charge in [0.1, 0.15) is 0 Å². The van der Waals surface area contributed by atoms with Crippen LogP contribution in [0.2, 0.25) is 0 Å². The maximum atomic E-state index is 3.71. The molecule has 0 heterocycles. The first-order chi connectivity index (χ1) is 4.30. The van der Waals surface area contributed by atoms with Crippen molar-refractivity contribution >= 4 is 5.69 Å². The standard InChI is InChI=1S/C8H9N.Y/c1-9(2)8-6-4-3-5-7-8;/h3-6H,1H2,2H3;/q-2;. The molecular weight excluding hydrogens is 199 g/mol. The van der Waals surface area contributed by atoms with Gasteiger partial charge in [0.2, 0.25) is 0 Å². The van der Waals surface area contributed by atoms with Gasteiger partial charge in [-0.3, -0.25) is 7.05 Å². The molecule has 0 aromatic heterocycles. The molecule has 0 amide bonds. The summed E-state index contributed by atoms with van der Waals surface area (Å²) >= 11 is 0. The molecule has 0 unspecified atom stereocenters. The van der Waals surface area contributed by atoms with Crippen molar-refractivity contribution in [2.24, 2.45) is 0 Å². The van der Waals surface area contributed by atoms with Crippen molar-refractivity contribution in [1.82, 2.24) is 0 Å². The second kappa shape index (κ2) is 4.87. The SMILES string of the molecule is [CH2-]N(C)c1[c-]cccc1.[Y]. The fourth-order valence-corrected chi connectivity index (χ4v) is 0.621. The Bertz CT molecular complexity index is 172. The van der Waals surface area contributed by atoms with Crippen LogP contribution in [-0.2, 0) is 32.7 Å². The Kier molecular flexibility index (Phi) is 4.93. The van der Waals surface area contributed by atoms with Gasteiger partial charge in [-0.05, 0) is 7.05 Å². The van der Waals surface area contributed by atoms with E-state index in [4.69, 9.17) is 0 Å². The zero-order valence-corrected chi connectivity index (χ0v) is 8.88. The van der Waals surface area contributed by atoms with Crippen LogP contribution in [0.1, 0.15) is 0 Å². The van der Waals surface area contributed by atoms with Gasteiger partial charge < -0.3 is 4.90 Å². The normalized spacial score (nSPS) is 8.20. The maximum absolute atomic E-state index is 3.71. The number of hydrogen-bond donors (Lipinski definition) is 0. The van der Waals surface area contributed by atoms with Gasteiger partial charge in [-0.15, -0.1) is 5.69 Å². The minimum atomic E-state index is 0. The molecule has 0 aliphatic carbocycles. The Morgan fingerprint density at radius 2 is 2.20 bits per heavy atom. The minimum Gasteiger partial charge on any atom is -0.548 e. The Labute approximate surface area is 87.3 Å². The van der Waals surface area contributed by atoms with E-state index in [1.165, 1.54) is 0 Å². The summed E-state index contributed by atoms with van der Waals surface area (Å²) in [5.41, 5.74) is 1.01. The minimum absolute atomic E-state index is 0. The zero-order chi connectivity index (χ0) is 6.69. The van der Waals surface area contributed by atoms with Gasteiger partial charge in [-0.25, -0.2) is 0 Å². The van der Waals surface area contributed by atoms with Gasteiger partial charge in [-0.1, -0.05) is 0 Å². The third kappa shape index (κ3) is 2.80. The topological polar surface area (TPSA) is 3.24 Å². The van der Waals surface area contributed by atoms with Crippen LogP contribution in [0.15, 0.2) is 24.3 Å². The fourth-order valence-electron chi connectivity index (χ4n) is 0.621. The van der Waals surface area contributed by atoms with E-state index in [2.05, 4.69) is 13.1 Å². The van der Waals surface area contributed by atoms with Crippen LogP contribution in [0.3, 0.4) is 0 Å². The molecule has 0 saturated carbocycles. The number of nitrogens with zero attached hydrogens (tertiary/aromatic N) is 1. The monoisotopic (exact) mass is 208 g/mol. The zero-order valence-electron chi connectivity index (χ0n) is 6.04. The van der Waals surface area contributed by atoms with Crippen molar-refractivity contribution in [1.29, 1.82) is 0 Å². The first-order valence-corrected chi connectivity index (χ1v) is 2.81. The second-order valence-corrected chi connectivity index (χ2v) is 1.95. The van der Waals surface area contributed by atoms with Gasteiger partial charge in [0.25, 0.3) is 0 Å². The average molecular weight is 208 g/mol. The quantitative estimate of drug-likeness (QED) is 0.635. The summed E-state index contributed by atoms with van der Waals surface area (Å²) < 4.78 is 0. The first kappa shape index (κ1) is 10.1. The van der Waals surface area contributed by atoms with Gasteiger partial charge in [0, 0.05) is 32.7 Å². The molecule has 1 rings (SSSR count). The van der Waals surface area contributed by atoms with Crippen molar-refractivity contribution in [2.75, 3.05) is 11.9 Å². The molecule has 0 saturated heterocycles. The van der Waals surface area contributed by atoms with Crippen molar-refractivity contribution in [2.45, 2.75) is 0 Å². The summed E-state index contributed by atoms with van der Waals surface area (Å²) in [5, 5.41) is 0. The van der Waals surface area contributed by atoms with E-state index in [1.54, 1.807) is 4.90 Å². The predicted molar refractivity (Wildman–Crippen MR) is 39.0 cm³/mol. The molecule has 51 valence electrons. The fraction of sp³-hybridized carbons (Fsp3) is 0.125. The smallest absolute Gasteiger partial charge is 0 e. The summed E-state index contributed by atoms with van der Waals surface area (Å²) in [6.45, 7) is 0. The molecular formula is C8H9NY-2. The first-order valence-electron chi connectivity index (χ1n) is 2.81. The van der Waals surface area contributed by atoms with Crippen LogP contribution in [0.5, 0.6) is 0 Å². The number of benzene rings is 1. The van der Waals surface area contributed by atoms with Crippen molar-refractivity contribution in [3.63, 3.8) is 0 Å². The third-order valence-corrected chi connectivity index (χ3v) is 1.10. The summed E-state index contributed by atoms with van der Waals surface area (Å²) in [4.78, 5) is 1.78. The van der Waals surface area contributed by atoms with E-state index in [0.717, 1.165) is 5.69 Å². The molecule has 0 atom stereocenters. The maximum Gasteiger partial charge on any atom is 0 e. The number of para-hydroxylation sites is 1. The van der Waals surface area contributed by atoms with Crippen molar-refractivity contribution in [3.8, 4) is 0 Å². The summed E-state index contributed by atoms with van der Waals surface area (Å²) in [7, 11) is 5.61. The molecule has 0 aliphatic heterocycles. The predicted octanol–water partition coefficient (Wildman–Crippen LogP) is 1.71. The van der Waals surface area contributed by atoms with Gasteiger partial charge in [-0.2, -0.15) is 30.3 Å². The van der Waals surface area contributed by atoms with E-state index >= 15 is 0 Å². The third-order valence-electron chi connectivity index (χ3n) is 1.10. The van der Waals surface area contributed by atoms with E-state index in [1.807, 2.05) is 31.3 Å². The number of hydrogen-bond acceptors (Lipinski definition) is 1. The molecule has 1 radical (unpaired) electrons.